The van der Waals surface area contributed by atoms with E-state index in [1.54, 1.807) is 6.07 Å². The summed E-state index contributed by atoms with van der Waals surface area (Å²) < 4.78 is 11.1. The highest BCUT2D eigenvalue weighted by molar-refractivity contribution is 5.93. The first-order valence-corrected chi connectivity index (χ1v) is 6.74. The van der Waals surface area contributed by atoms with Crippen LogP contribution in [0.3, 0.4) is 0 Å². The van der Waals surface area contributed by atoms with Crippen LogP contribution < -0.4 is 10.1 Å². The van der Waals surface area contributed by atoms with Crippen LogP contribution in [0.5, 0.6) is 5.75 Å². The lowest BCUT2D eigenvalue weighted by molar-refractivity contribution is 0.0454. The van der Waals surface area contributed by atoms with E-state index in [0.717, 1.165) is 30.8 Å². The maximum Gasteiger partial charge on any atom is 0.338 e. The maximum atomic E-state index is 11.4. The van der Waals surface area contributed by atoms with E-state index in [-0.39, 0.29) is 17.5 Å². The van der Waals surface area contributed by atoms with Crippen LogP contribution in [0.1, 0.15) is 36.2 Å². The number of rotatable bonds is 2. The Hall–Kier alpha value is -1.55. The van der Waals surface area contributed by atoms with Crippen molar-refractivity contribution in [2.75, 3.05) is 13.1 Å². The van der Waals surface area contributed by atoms with E-state index in [1.807, 2.05) is 12.1 Å². The number of cyclic esters (lactones) is 1. The fourth-order valence-electron chi connectivity index (χ4n) is 2.63. The number of benzene rings is 1. The zero-order chi connectivity index (χ0) is 13.5. The molecule has 2 aliphatic heterocycles. The Morgan fingerprint density at radius 2 is 2.26 bits per heavy atom. The Bertz CT molecular complexity index is 510. The van der Waals surface area contributed by atoms with E-state index in [9.17, 15) is 4.79 Å². The largest absolute Gasteiger partial charge is 0.489 e. The number of hydrogen-bond acceptors (Lipinski definition) is 4. The van der Waals surface area contributed by atoms with Gasteiger partial charge in [-0.2, -0.15) is 0 Å². The van der Waals surface area contributed by atoms with Crippen LogP contribution in [0.15, 0.2) is 18.2 Å². The van der Waals surface area contributed by atoms with Crippen molar-refractivity contribution < 1.29 is 14.3 Å². The van der Waals surface area contributed by atoms with Crippen LogP contribution in [-0.4, -0.2) is 25.2 Å². The van der Waals surface area contributed by atoms with E-state index in [2.05, 4.69) is 19.2 Å². The van der Waals surface area contributed by atoms with E-state index in [4.69, 9.17) is 9.47 Å². The first kappa shape index (κ1) is 12.5. The molecule has 3 rings (SSSR count). The summed E-state index contributed by atoms with van der Waals surface area (Å²) in [7, 11) is 0. The second-order valence-corrected chi connectivity index (χ2v) is 5.94. The van der Waals surface area contributed by atoms with Crippen LogP contribution in [0.25, 0.3) is 0 Å². The van der Waals surface area contributed by atoms with Gasteiger partial charge >= 0.3 is 5.97 Å². The van der Waals surface area contributed by atoms with Gasteiger partial charge in [-0.25, -0.2) is 4.79 Å². The van der Waals surface area contributed by atoms with Gasteiger partial charge in [0.05, 0.1) is 5.56 Å². The van der Waals surface area contributed by atoms with Gasteiger partial charge in [-0.3, -0.25) is 0 Å². The number of fused-ring (bicyclic) bond motifs is 1. The van der Waals surface area contributed by atoms with E-state index in [0.29, 0.717) is 12.2 Å². The van der Waals surface area contributed by atoms with Gasteiger partial charge in [-0.1, -0.05) is 13.8 Å². The normalized spacial score (nSPS) is 24.7. The Morgan fingerprint density at radius 1 is 1.42 bits per heavy atom. The highest BCUT2D eigenvalue weighted by Gasteiger charge is 2.34. The van der Waals surface area contributed by atoms with Crippen molar-refractivity contribution >= 4 is 5.97 Å². The van der Waals surface area contributed by atoms with Crippen molar-refractivity contribution in [2.45, 2.75) is 33.0 Å². The molecule has 102 valence electrons. The standard InChI is InChI=1S/C15H19NO3/c1-15(2)5-6-16-8-13(15)19-11-3-4-12-10(7-11)9-18-14(12)17/h3-4,7,13,16H,5-6,8-9H2,1-2H3. The zero-order valence-electron chi connectivity index (χ0n) is 11.4. The predicted molar refractivity (Wildman–Crippen MR) is 71.2 cm³/mol. The van der Waals surface area contributed by atoms with Crippen LogP contribution >= 0.6 is 0 Å². The van der Waals surface area contributed by atoms with Crippen LogP contribution in [-0.2, 0) is 11.3 Å². The fraction of sp³-hybridized carbons (Fsp3) is 0.533. The van der Waals surface area contributed by atoms with Gasteiger partial charge in [-0.15, -0.1) is 0 Å². The molecule has 1 aromatic rings. The molecule has 1 atom stereocenters. The zero-order valence-corrected chi connectivity index (χ0v) is 11.4. The fourth-order valence-corrected chi connectivity index (χ4v) is 2.63. The predicted octanol–water partition coefficient (Wildman–Crippen LogP) is 2.12. The van der Waals surface area contributed by atoms with E-state index < -0.39 is 0 Å². The summed E-state index contributed by atoms with van der Waals surface area (Å²) in [6.07, 6.45) is 1.25. The molecule has 1 saturated heterocycles. The van der Waals surface area contributed by atoms with Gasteiger partial charge in [0.1, 0.15) is 18.5 Å². The number of carbonyl (C=O) groups excluding carboxylic acids is 1. The van der Waals surface area contributed by atoms with Gasteiger partial charge in [0, 0.05) is 17.5 Å². The van der Waals surface area contributed by atoms with Crippen molar-refractivity contribution in [2.24, 2.45) is 5.41 Å². The molecule has 2 heterocycles. The van der Waals surface area contributed by atoms with Gasteiger partial charge in [-0.05, 0) is 31.2 Å². The van der Waals surface area contributed by atoms with E-state index in [1.165, 1.54) is 0 Å². The highest BCUT2D eigenvalue weighted by atomic mass is 16.5. The Balaban J connectivity index is 1.78. The smallest absolute Gasteiger partial charge is 0.338 e. The average Bonchev–Trinajstić information content (AvgIpc) is 2.73. The third kappa shape index (κ3) is 2.32. The van der Waals surface area contributed by atoms with Crippen molar-refractivity contribution in [3.63, 3.8) is 0 Å². The lowest BCUT2D eigenvalue weighted by Crippen LogP contribution is -2.49. The molecule has 0 amide bonds. The number of hydrogen-bond donors (Lipinski definition) is 1. The summed E-state index contributed by atoms with van der Waals surface area (Å²) in [5.74, 6) is 0.583. The van der Waals surface area contributed by atoms with Gasteiger partial charge in [0.15, 0.2) is 0 Å². The molecule has 4 heteroatoms. The monoisotopic (exact) mass is 261 g/mol. The number of esters is 1. The molecule has 0 spiro atoms. The SMILES string of the molecule is CC1(C)CCNCC1Oc1ccc2c(c1)COC2=O. The van der Waals surface area contributed by atoms with Crippen LogP contribution in [0, 0.1) is 5.41 Å². The quantitative estimate of drug-likeness (QED) is 0.828. The summed E-state index contributed by atoms with van der Waals surface area (Å²) in [5, 5.41) is 3.37. The Morgan fingerprint density at radius 3 is 3.05 bits per heavy atom. The second kappa shape index (κ2) is 4.53. The number of nitrogens with one attached hydrogen (secondary N) is 1. The summed E-state index contributed by atoms with van der Waals surface area (Å²) in [4.78, 5) is 11.4. The van der Waals surface area contributed by atoms with Crippen molar-refractivity contribution in [3.05, 3.63) is 29.3 Å². The molecule has 1 N–H and O–H groups in total. The number of piperidine rings is 1. The minimum atomic E-state index is -0.235. The van der Waals surface area contributed by atoms with Crippen molar-refractivity contribution in [1.82, 2.24) is 5.32 Å². The van der Waals surface area contributed by atoms with Gasteiger partial charge in [0.25, 0.3) is 0 Å². The molecular formula is C15H19NO3. The van der Waals surface area contributed by atoms with Crippen molar-refractivity contribution in [1.29, 1.82) is 0 Å². The highest BCUT2D eigenvalue weighted by Crippen LogP contribution is 2.32. The van der Waals surface area contributed by atoms with Crippen LogP contribution in [0.2, 0.25) is 0 Å². The second-order valence-electron chi connectivity index (χ2n) is 5.94. The third-order valence-corrected chi connectivity index (χ3v) is 4.08. The molecule has 0 saturated carbocycles. The van der Waals surface area contributed by atoms with Crippen LogP contribution in [0.4, 0.5) is 0 Å². The molecule has 4 nitrogen and oxygen atoms in total. The molecule has 0 bridgehead atoms. The third-order valence-electron chi connectivity index (χ3n) is 4.08. The first-order valence-electron chi connectivity index (χ1n) is 6.74. The Kier molecular flexibility index (Phi) is 2.97. The minimum Gasteiger partial charge on any atom is -0.489 e. The lowest BCUT2D eigenvalue weighted by atomic mass is 9.80. The van der Waals surface area contributed by atoms with E-state index >= 15 is 0 Å². The number of carbonyl (C=O) groups is 1. The van der Waals surface area contributed by atoms with Gasteiger partial charge in [0.2, 0.25) is 0 Å². The minimum absolute atomic E-state index is 0.150. The molecule has 0 aliphatic carbocycles. The maximum absolute atomic E-state index is 11.4. The molecule has 0 aromatic heterocycles. The Labute approximate surface area is 113 Å². The van der Waals surface area contributed by atoms with Crippen molar-refractivity contribution in [3.8, 4) is 5.75 Å². The molecule has 0 radical (unpaired) electrons. The molecule has 1 unspecified atom stereocenters. The molecule has 1 aromatic carbocycles. The molecule has 1 fully saturated rings. The van der Waals surface area contributed by atoms with Gasteiger partial charge < -0.3 is 14.8 Å². The topological polar surface area (TPSA) is 47.6 Å². The molecule has 2 aliphatic rings. The first-order chi connectivity index (χ1) is 9.06. The summed E-state index contributed by atoms with van der Waals surface area (Å²) in [6.45, 7) is 6.73. The summed E-state index contributed by atoms with van der Waals surface area (Å²) >= 11 is 0. The average molecular weight is 261 g/mol. The number of ether oxygens (including phenoxy) is 2. The molecule has 19 heavy (non-hydrogen) atoms. The lowest BCUT2D eigenvalue weighted by Gasteiger charge is -2.38. The molecular weight excluding hydrogens is 242 g/mol. The summed E-state index contributed by atoms with van der Waals surface area (Å²) in [5.41, 5.74) is 1.74. The summed E-state index contributed by atoms with van der Waals surface area (Å²) in [6, 6.07) is 5.57.